The van der Waals surface area contributed by atoms with Crippen LogP contribution in [0.15, 0.2) is 54.6 Å². The average molecular weight is 453 g/mol. The van der Waals surface area contributed by atoms with Crippen molar-refractivity contribution in [2.75, 3.05) is 0 Å². The molecule has 0 radical (unpaired) electrons. The van der Waals surface area contributed by atoms with E-state index in [1.54, 1.807) is 25.7 Å². The lowest BCUT2D eigenvalue weighted by molar-refractivity contribution is -0.142. The first-order valence-corrected chi connectivity index (χ1v) is 11.2. The summed E-state index contributed by atoms with van der Waals surface area (Å²) in [5, 5.41) is 12.2. The van der Waals surface area contributed by atoms with Crippen LogP contribution in [0.2, 0.25) is 0 Å². The van der Waals surface area contributed by atoms with Crippen LogP contribution in [-0.4, -0.2) is 45.7 Å². The van der Waals surface area contributed by atoms with Gasteiger partial charge in [0.05, 0.1) is 6.42 Å². The van der Waals surface area contributed by atoms with Gasteiger partial charge in [0.2, 0.25) is 5.91 Å². The van der Waals surface area contributed by atoms with E-state index >= 15 is 0 Å². The molecule has 33 heavy (non-hydrogen) atoms. The molecule has 7 heteroatoms. The highest BCUT2D eigenvalue weighted by Crippen LogP contribution is 2.26. The fraction of sp³-hybridized carbons (Fsp3) is 0.423. The van der Waals surface area contributed by atoms with Crippen LogP contribution >= 0.6 is 0 Å². The van der Waals surface area contributed by atoms with Crippen molar-refractivity contribution in [2.45, 2.75) is 70.7 Å². The third-order valence-corrected chi connectivity index (χ3v) is 5.60. The number of ether oxygens (including phenoxy) is 1. The molecule has 1 aliphatic heterocycles. The van der Waals surface area contributed by atoms with Gasteiger partial charge in [0.25, 0.3) is 0 Å². The van der Waals surface area contributed by atoms with E-state index in [2.05, 4.69) is 5.32 Å². The number of carboxylic acids is 1. The van der Waals surface area contributed by atoms with Gasteiger partial charge in [-0.1, -0.05) is 54.6 Å². The van der Waals surface area contributed by atoms with Crippen molar-refractivity contribution >= 4 is 18.0 Å². The number of carbonyl (C=O) groups is 3. The monoisotopic (exact) mass is 452 g/mol. The van der Waals surface area contributed by atoms with Crippen LogP contribution in [0.4, 0.5) is 4.79 Å². The molecule has 7 nitrogen and oxygen atoms in total. The molecule has 2 atom stereocenters. The Kier molecular flexibility index (Phi) is 7.74. The fourth-order valence-corrected chi connectivity index (χ4v) is 4.09. The fourth-order valence-electron chi connectivity index (χ4n) is 4.09. The van der Waals surface area contributed by atoms with Gasteiger partial charge in [-0.3, -0.25) is 9.59 Å². The maximum absolute atomic E-state index is 13.7. The number of hydrogen-bond donors (Lipinski definition) is 2. The first-order chi connectivity index (χ1) is 15.6. The largest absolute Gasteiger partial charge is 0.481 e. The van der Waals surface area contributed by atoms with Crippen molar-refractivity contribution < 1.29 is 24.2 Å². The first-order valence-electron chi connectivity index (χ1n) is 11.2. The van der Waals surface area contributed by atoms with Crippen LogP contribution < -0.4 is 5.32 Å². The zero-order chi connectivity index (χ0) is 24.0. The van der Waals surface area contributed by atoms with Gasteiger partial charge in [0.15, 0.2) is 0 Å². The molecule has 176 valence electrons. The van der Waals surface area contributed by atoms with E-state index in [-0.39, 0.29) is 12.3 Å². The number of aryl methyl sites for hydroxylation is 1. The molecular weight excluding hydrogens is 420 g/mol. The summed E-state index contributed by atoms with van der Waals surface area (Å²) in [7, 11) is 0. The summed E-state index contributed by atoms with van der Waals surface area (Å²) in [4.78, 5) is 39.3. The smallest absolute Gasteiger partial charge is 0.408 e. The Labute approximate surface area is 194 Å². The molecule has 0 saturated heterocycles. The molecule has 3 rings (SSSR count). The minimum Gasteiger partial charge on any atom is -0.481 e. The first kappa shape index (κ1) is 24.3. The van der Waals surface area contributed by atoms with Crippen LogP contribution in [0.25, 0.3) is 0 Å². The molecule has 1 aliphatic rings. The highest BCUT2D eigenvalue weighted by atomic mass is 16.6. The lowest BCUT2D eigenvalue weighted by Gasteiger charge is -2.38. The average Bonchev–Trinajstić information content (AvgIpc) is 2.74. The molecule has 2 aromatic carbocycles. The second-order valence-electron chi connectivity index (χ2n) is 9.41. The molecule has 0 fully saturated rings. The molecule has 0 saturated carbocycles. The molecule has 0 unspecified atom stereocenters. The third kappa shape index (κ3) is 7.07. The highest BCUT2D eigenvalue weighted by molar-refractivity contribution is 5.86. The van der Waals surface area contributed by atoms with Gasteiger partial charge in [0.1, 0.15) is 11.6 Å². The van der Waals surface area contributed by atoms with Crippen LogP contribution in [0, 0.1) is 0 Å². The lowest BCUT2D eigenvalue weighted by Crippen LogP contribution is -2.54. The molecule has 0 bridgehead atoms. The Morgan fingerprint density at radius 1 is 1.06 bits per heavy atom. The highest BCUT2D eigenvalue weighted by Gasteiger charge is 2.35. The Morgan fingerprint density at radius 3 is 2.33 bits per heavy atom. The number of fused-ring (bicyclic) bond motifs is 1. The van der Waals surface area contributed by atoms with Gasteiger partial charge < -0.3 is 20.1 Å². The van der Waals surface area contributed by atoms with Crippen molar-refractivity contribution in [3.8, 4) is 0 Å². The number of hydrogen-bond acceptors (Lipinski definition) is 4. The van der Waals surface area contributed by atoms with E-state index in [1.807, 2.05) is 54.6 Å². The minimum atomic E-state index is -0.960. The van der Waals surface area contributed by atoms with E-state index in [4.69, 9.17) is 4.74 Å². The molecule has 1 heterocycles. The van der Waals surface area contributed by atoms with E-state index in [1.165, 1.54) is 0 Å². The number of alkyl carbamates (subject to hydrolysis) is 1. The van der Waals surface area contributed by atoms with Gasteiger partial charge in [-0.25, -0.2) is 4.79 Å². The predicted octanol–water partition coefficient (Wildman–Crippen LogP) is 3.94. The summed E-state index contributed by atoms with van der Waals surface area (Å²) in [5.41, 5.74) is 2.39. The second-order valence-corrected chi connectivity index (χ2v) is 9.41. The van der Waals surface area contributed by atoms with Gasteiger partial charge in [-0.2, -0.15) is 0 Å². The quantitative estimate of drug-likeness (QED) is 0.663. The number of nitrogens with one attached hydrogen (secondary N) is 1. The Hall–Kier alpha value is -3.35. The summed E-state index contributed by atoms with van der Waals surface area (Å²) in [6.45, 7) is 5.60. The molecule has 2 N–H and O–H groups in total. The van der Waals surface area contributed by atoms with Crippen molar-refractivity contribution in [2.24, 2.45) is 0 Å². The summed E-state index contributed by atoms with van der Waals surface area (Å²) < 4.78 is 5.39. The minimum absolute atomic E-state index is 0.155. The van der Waals surface area contributed by atoms with Gasteiger partial charge in [-0.15, -0.1) is 0 Å². The maximum Gasteiger partial charge on any atom is 0.408 e. The summed E-state index contributed by atoms with van der Waals surface area (Å²) in [6, 6.07) is 16.2. The molecule has 0 spiro atoms. The van der Waals surface area contributed by atoms with Crippen molar-refractivity contribution in [1.29, 1.82) is 0 Å². The number of amides is 2. The number of carboxylic acid groups (broad SMARTS) is 1. The zero-order valence-electron chi connectivity index (χ0n) is 19.4. The second kappa shape index (κ2) is 10.5. The van der Waals surface area contributed by atoms with E-state index < -0.39 is 29.7 Å². The van der Waals surface area contributed by atoms with Crippen molar-refractivity contribution in [3.05, 3.63) is 71.3 Å². The SMILES string of the molecule is CC(C)(C)OC(=O)N[C@@H](CCc1ccccc1)C(=O)N1Cc2ccccc2C[C@@H]1CC(=O)O. The summed E-state index contributed by atoms with van der Waals surface area (Å²) in [5.74, 6) is -1.25. The van der Waals surface area contributed by atoms with E-state index in [9.17, 15) is 19.5 Å². The predicted molar refractivity (Wildman–Crippen MR) is 125 cm³/mol. The van der Waals surface area contributed by atoms with Crippen LogP contribution in [0.3, 0.4) is 0 Å². The number of rotatable bonds is 7. The van der Waals surface area contributed by atoms with Gasteiger partial charge in [0, 0.05) is 12.6 Å². The Balaban J connectivity index is 1.83. The molecular formula is C26H32N2O5. The van der Waals surface area contributed by atoms with Crippen LogP contribution in [-0.2, 0) is 33.7 Å². The number of carbonyl (C=O) groups excluding carboxylic acids is 2. The van der Waals surface area contributed by atoms with Crippen LogP contribution in [0.1, 0.15) is 50.3 Å². The van der Waals surface area contributed by atoms with Crippen molar-refractivity contribution in [1.82, 2.24) is 10.2 Å². The van der Waals surface area contributed by atoms with Crippen LogP contribution in [0.5, 0.6) is 0 Å². The normalized spacial score (nSPS) is 16.5. The summed E-state index contributed by atoms with van der Waals surface area (Å²) in [6.07, 6.45) is 0.603. The zero-order valence-corrected chi connectivity index (χ0v) is 19.4. The number of benzene rings is 2. The van der Waals surface area contributed by atoms with Crippen molar-refractivity contribution in [3.63, 3.8) is 0 Å². The van der Waals surface area contributed by atoms with E-state index in [0.29, 0.717) is 25.8 Å². The third-order valence-electron chi connectivity index (χ3n) is 5.60. The molecule has 2 amide bonds. The summed E-state index contributed by atoms with van der Waals surface area (Å²) >= 11 is 0. The number of aliphatic carboxylic acids is 1. The Bertz CT molecular complexity index is 984. The molecule has 0 aromatic heterocycles. The topological polar surface area (TPSA) is 95.9 Å². The van der Waals surface area contributed by atoms with Gasteiger partial charge >= 0.3 is 12.1 Å². The molecule has 0 aliphatic carbocycles. The standard InChI is InChI=1S/C26H32N2O5/c1-26(2,3)33-25(32)27-22(14-13-18-9-5-4-6-10-18)24(31)28-17-20-12-8-7-11-19(20)15-21(28)16-23(29)30/h4-12,21-22H,13-17H2,1-3H3,(H,27,32)(H,29,30)/t21-,22+/m1/s1. The maximum atomic E-state index is 13.7. The Morgan fingerprint density at radius 2 is 1.70 bits per heavy atom. The van der Waals surface area contributed by atoms with E-state index in [0.717, 1.165) is 16.7 Å². The van der Waals surface area contributed by atoms with Gasteiger partial charge in [-0.05, 0) is 56.7 Å². The molecule has 2 aromatic rings. The number of nitrogens with zero attached hydrogens (tertiary/aromatic N) is 1. The lowest BCUT2D eigenvalue weighted by atomic mass is 9.91.